The summed E-state index contributed by atoms with van der Waals surface area (Å²) in [6.45, 7) is 4.88. The third-order valence-corrected chi connectivity index (χ3v) is 5.06. The molecule has 3 nitrogen and oxygen atoms in total. The lowest BCUT2D eigenvalue weighted by molar-refractivity contribution is -0.122. The van der Waals surface area contributed by atoms with Gasteiger partial charge in [0.15, 0.2) is 0 Å². The lowest BCUT2D eigenvalue weighted by atomic mass is 9.96. The second kappa shape index (κ2) is 7.35. The van der Waals surface area contributed by atoms with Crippen molar-refractivity contribution in [2.75, 3.05) is 18.5 Å². The van der Waals surface area contributed by atoms with E-state index >= 15 is 0 Å². The highest BCUT2D eigenvalue weighted by molar-refractivity contribution is 6.08. The van der Waals surface area contributed by atoms with Gasteiger partial charge in [0.1, 0.15) is 0 Å². The highest BCUT2D eigenvalue weighted by atomic mass is 19.4. The fourth-order valence-corrected chi connectivity index (χ4v) is 3.61. The molecule has 0 saturated carbocycles. The minimum atomic E-state index is -4.80. The summed E-state index contributed by atoms with van der Waals surface area (Å²) in [5.74, 6) is -1.03. The first-order valence-corrected chi connectivity index (χ1v) is 9.02. The zero-order valence-corrected chi connectivity index (χ0v) is 15.7. The number of benzene rings is 2. The van der Waals surface area contributed by atoms with Crippen LogP contribution in [-0.4, -0.2) is 30.7 Å². The lowest BCUT2D eigenvalue weighted by Crippen LogP contribution is -2.44. The van der Waals surface area contributed by atoms with Crippen LogP contribution in [0.15, 0.2) is 36.4 Å². The monoisotopic (exact) mass is 376 g/mol. The number of rotatable bonds is 3. The number of amides is 1. The maximum absolute atomic E-state index is 14.0. The maximum Gasteiger partial charge on any atom is 0.491 e. The van der Waals surface area contributed by atoms with Gasteiger partial charge in [-0.3, -0.25) is 4.79 Å². The minimum absolute atomic E-state index is 0.00507. The highest BCUT2D eigenvalue weighted by Gasteiger charge is 2.44. The molecule has 0 radical (unpaired) electrons. The molecule has 27 heavy (non-hydrogen) atoms. The third-order valence-electron chi connectivity index (χ3n) is 5.06. The number of fused-ring (bicyclic) bond motifs is 1. The van der Waals surface area contributed by atoms with Crippen molar-refractivity contribution in [3.05, 3.63) is 64.2 Å². The van der Waals surface area contributed by atoms with E-state index in [-0.39, 0.29) is 16.2 Å². The molecule has 1 heterocycles. The van der Waals surface area contributed by atoms with Crippen molar-refractivity contribution in [1.29, 1.82) is 0 Å². The van der Waals surface area contributed by atoms with Gasteiger partial charge in [0.05, 0.1) is 5.69 Å². The van der Waals surface area contributed by atoms with E-state index in [0.29, 0.717) is 30.6 Å². The number of carbonyl (C=O) groups excluding carboxylic acids is 1. The fourth-order valence-electron chi connectivity index (χ4n) is 3.61. The Morgan fingerprint density at radius 2 is 1.96 bits per heavy atom. The summed E-state index contributed by atoms with van der Waals surface area (Å²) in [5.41, 5.74) is 3.00. The normalized spacial score (nSPS) is 14.7. The topological polar surface area (TPSA) is 23.6 Å². The van der Waals surface area contributed by atoms with E-state index in [9.17, 15) is 18.0 Å². The van der Waals surface area contributed by atoms with Crippen LogP contribution in [0.25, 0.3) is 0 Å². The van der Waals surface area contributed by atoms with Crippen molar-refractivity contribution >= 4 is 11.6 Å². The molecule has 1 amide bonds. The van der Waals surface area contributed by atoms with Crippen molar-refractivity contribution in [2.45, 2.75) is 39.5 Å². The number of alkyl halides is 3. The van der Waals surface area contributed by atoms with Crippen molar-refractivity contribution in [3.63, 3.8) is 0 Å². The fraction of sp³-hybridized carbons (Fsp3) is 0.381. The molecule has 0 aromatic heterocycles. The zero-order valence-electron chi connectivity index (χ0n) is 15.7. The first-order valence-electron chi connectivity index (χ1n) is 9.02. The van der Waals surface area contributed by atoms with Crippen LogP contribution < -0.4 is 4.90 Å². The molecule has 1 aliphatic heterocycles. The van der Waals surface area contributed by atoms with Crippen molar-refractivity contribution in [1.82, 2.24) is 4.90 Å². The van der Waals surface area contributed by atoms with Crippen LogP contribution in [0.4, 0.5) is 18.9 Å². The van der Waals surface area contributed by atoms with Gasteiger partial charge in [-0.2, -0.15) is 0 Å². The number of aryl methyl sites for hydroxylation is 2. The summed E-state index contributed by atoms with van der Waals surface area (Å²) < 4.78 is 41.9. The van der Waals surface area contributed by atoms with Crippen molar-refractivity contribution in [3.8, 4) is 0 Å². The Morgan fingerprint density at radius 1 is 1.22 bits per heavy atom. The molecule has 0 fully saturated rings. The molecular weight excluding hydrogens is 353 g/mol. The molecule has 2 aromatic carbocycles. The Hall–Kier alpha value is -2.34. The molecule has 0 bridgehead atoms. The van der Waals surface area contributed by atoms with E-state index in [1.54, 1.807) is 25.1 Å². The number of likely N-dealkylation sites (N-methyl/N-ethyl adjacent to an activating group) is 1. The molecule has 6 heteroatoms. The van der Waals surface area contributed by atoms with Gasteiger partial charge in [-0.25, -0.2) is 4.90 Å². The largest absolute Gasteiger partial charge is 0.491 e. The lowest BCUT2D eigenvalue weighted by Gasteiger charge is -2.32. The second-order valence-corrected chi connectivity index (χ2v) is 7.01. The van der Waals surface area contributed by atoms with E-state index < -0.39 is 12.2 Å². The molecule has 0 unspecified atom stereocenters. The molecule has 3 rings (SSSR count). The van der Waals surface area contributed by atoms with Gasteiger partial charge in [0.25, 0.3) is 5.91 Å². The van der Waals surface area contributed by atoms with Crippen LogP contribution in [0, 0.1) is 6.92 Å². The number of nitrogens with zero attached hydrogens (tertiary/aromatic N) is 2. The number of halogens is 3. The van der Waals surface area contributed by atoms with Gasteiger partial charge in [0.2, 0.25) is 0 Å². The molecule has 0 saturated heterocycles. The first-order chi connectivity index (χ1) is 12.7. The van der Waals surface area contributed by atoms with Crippen LogP contribution in [0.1, 0.15) is 39.5 Å². The third kappa shape index (κ3) is 3.86. The average molecular weight is 376 g/mol. The number of carbonyl (C=O) groups is 1. The van der Waals surface area contributed by atoms with Gasteiger partial charge in [-0.05, 0) is 61.2 Å². The average Bonchev–Trinajstić information content (AvgIpc) is 2.60. The predicted octanol–water partition coefficient (Wildman–Crippen LogP) is 4.71. The number of hydrogen-bond donors (Lipinski definition) is 0. The summed E-state index contributed by atoms with van der Waals surface area (Å²) in [7, 11) is 1.93. The molecular formula is C21H23F3N2O. The van der Waals surface area contributed by atoms with Crippen LogP contribution in [0.5, 0.6) is 0 Å². The van der Waals surface area contributed by atoms with Crippen molar-refractivity contribution < 1.29 is 18.0 Å². The predicted molar refractivity (Wildman–Crippen MR) is 99.9 cm³/mol. The van der Waals surface area contributed by atoms with Crippen LogP contribution in [0.2, 0.25) is 0 Å². The Morgan fingerprint density at radius 3 is 2.59 bits per heavy atom. The molecule has 0 aliphatic carbocycles. The minimum Gasteiger partial charge on any atom is -0.302 e. The van der Waals surface area contributed by atoms with E-state index in [1.165, 1.54) is 12.1 Å². The van der Waals surface area contributed by atoms with Gasteiger partial charge >= 0.3 is 6.30 Å². The van der Waals surface area contributed by atoms with E-state index in [1.807, 2.05) is 20.0 Å². The Bertz CT molecular complexity index is 861. The Kier molecular flexibility index (Phi) is 5.29. The maximum atomic E-state index is 14.0. The Balaban J connectivity index is 2.09. The molecule has 1 aliphatic rings. The van der Waals surface area contributed by atoms with Crippen LogP contribution >= 0.6 is 0 Å². The molecule has 2 aromatic rings. The van der Waals surface area contributed by atoms with Gasteiger partial charge in [0, 0.05) is 18.7 Å². The van der Waals surface area contributed by atoms with Gasteiger partial charge < -0.3 is 4.90 Å². The summed E-state index contributed by atoms with van der Waals surface area (Å²) in [5, 5.41) is 0. The van der Waals surface area contributed by atoms with E-state index in [2.05, 4.69) is 4.90 Å². The molecule has 0 spiro atoms. The number of anilines is 1. The first kappa shape index (κ1) is 19.4. The van der Waals surface area contributed by atoms with Crippen LogP contribution in [-0.2, 0) is 19.4 Å². The highest BCUT2D eigenvalue weighted by Crippen LogP contribution is 2.36. The smallest absolute Gasteiger partial charge is 0.302 e. The van der Waals surface area contributed by atoms with Gasteiger partial charge in [-0.1, -0.05) is 31.2 Å². The van der Waals surface area contributed by atoms with E-state index in [0.717, 1.165) is 17.5 Å². The van der Waals surface area contributed by atoms with Crippen molar-refractivity contribution in [2.24, 2.45) is 0 Å². The number of hydrogen-bond acceptors (Lipinski definition) is 2. The quantitative estimate of drug-likeness (QED) is 0.724. The molecule has 144 valence electrons. The van der Waals surface area contributed by atoms with Crippen LogP contribution in [0.3, 0.4) is 0 Å². The summed E-state index contributed by atoms with van der Waals surface area (Å²) in [6, 6.07) is 9.80. The Labute approximate surface area is 157 Å². The summed E-state index contributed by atoms with van der Waals surface area (Å²) >= 11 is 0. The molecule has 0 atom stereocenters. The second-order valence-electron chi connectivity index (χ2n) is 7.01. The summed E-state index contributed by atoms with van der Waals surface area (Å²) in [6.07, 6.45) is -3.56. The zero-order chi connectivity index (χ0) is 19.8. The van der Waals surface area contributed by atoms with Gasteiger partial charge in [-0.15, -0.1) is 13.2 Å². The standard InChI is InChI=1S/C21H23F3N2O/c1-4-15-8-9-17(14(2)12-15)20(27)26(21(22,23)24)19-7-5-6-16-13-25(3)11-10-18(16)19/h5-9,12H,4,10-11,13H2,1-3H3. The molecule has 0 N–H and O–H groups in total. The van der Waals surface area contributed by atoms with E-state index in [4.69, 9.17) is 0 Å². The summed E-state index contributed by atoms with van der Waals surface area (Å²) in [4.78, 5) is 15.0. The SMILES string of the molecule is CCc1ccc(C(=O)N(c2cccc3c2CCN(C)C3)C(F)(F)F)c(C)c1.